The zero-order chi connectivity index (χ0) is 12.4. The van der Waals surface area contributed by atoms with Crippen molar-refractivity contribution in [1.29, 1.82) is 0 Å². The van der Waals surface area contributed by atoms with E-state index in [1.165, 1.54) is 0 Å². The number of halogens is 2. The molecule has 0 aliphatic carbocycles. The average molecular weight is 269 g/mol. The van der Waals surface area contributed by atoms with Gasteiger partial charge in [-0.25, -0.2) is 9.97 Å². The third-order valence-corrected chi connectivity index (χ3v) is 2.93. The number of hydrogen-bond acceptors (Lipinski definition) is 4. The highest BCUT2D eigenvalue weighted by Gasteiger charge is 2.10. The Morgan fingerprint density at radius 1 is 1.18 bits per heavy atom. The number of nitrogens with zero attached hydrogens (tertiary/aromatic N) is 2. The maximum atomic E-state index is 6.22. The Kier molecular flexibility index (Phi) is 3.47. The third kappa shape index (κ3) is 2.49. The minimum absolute atomic E-state index is 0.113. The molecule has 0 bridgehead atoms. The first-order chi connectivity index (χ1) is 8.11. The van der Waals surface area contributed by atoms with Gasteiger partial charge >= 0.3 is 0 Å². The number of anilines is 1. The number of rotatable bonds is 2. The predicted molar refractivity (Wildman–Crippen MR) is 69.8 cm³/mol. The molecule has 4 N–H and O–H groups in total. The average Bonchev–Trinajstić information content (AvgIpc) is 2.28. The lowest BCUT2D eigenvalue weighted by Gasteiger charge is -2.08. The van der Waals surface area contributed by atoms with Crippen LogP contribution in [0.15, 0.2) is 24.3 Å². The summed E-state index contributed by atoms with van der Waals surface area (Å²) in [5.41, 5.74) is 13.3. The van der Waals surface area contributed by atoms with Crippen LogP contribution in [0.1, 0.15) is 5.56 Å². The van der Waals surface area contributed by atoms with Crippen LogP contribution in [0, 0.1) is 0 Å². The molecule has 0 radical (unpaired) electrons. The molecule has 2 aromatic rings. The van der Waals surface area contributed by atoms with Gasteiger partial charge in [-0.15, -0.1) is 0 Å². The summed E-state index contributed by atoms with van der Waals surface area (Å²) in [5.74, 6) is 0.113. The van der Waals surface area contributed by atoms with Gasteiger partial charge in [0.15, 0.2) is 0 Å². The Bertz CT molecular complexity index is 537. The van der Waals surface area contributed by atoms with Crippen molar-refractivity contribution in [3.8, 4) is 11.3 Å². The predicted octanol–water partition coefficient (Wildman–Crippen LogP) is 2.49. The SMILES string of the molecule is NCc1cccc(-c2cc(Cl)nc(N)n2)c1Cl. The molecule has 0 fully saturated rings. The summed E-state index contributed by atoms with van der Waals surface area (Å²) in [5, 5.41) is 0.839. The maximum Gasteiger partial charge on any atom is 0.221 e. The first kappa shape index (κ1) is 12.1. The standard InChI is InChI=1S/C11H10Cl2N4/c12-9-4-8(16-11(15)17-9)7-3-1-2-6(5-14)10(7)13/h1-4H,5,14H2,(H2,15,16,17). The molecular formula is C11H10Cl2N4. The molecule has 17 heavy (non-hydrogen) atoms. The molecule has 4 nitrogen and oxygen atoms in total. The highest BCUT2D eigenvalue weighted by atomic mass is 35.5. The molecule has 0 saturated heterocycles. The van der Waals surface area contributed by atoms with Crippen LogP contribution in [-0.4, -0.2) is 9.97 Å². The van der Waals surface area contributed by atoms with Gasteiger partial charge in [0.05, 0.1) is 10.7 Å². The van der Waals surface area contributed by atoms with Crippen LogP contribution >= 0.6 is 23.2 Å². The van der Waals surface area contributed by atoms with Crippen molar-refractivity contribution in [3.63, 3.8) is 0 Å². The quantitative estimate of drug-likeness (QED) is 0.821. The van der Waals surface area contributed by atoms with Crippen LogP contribution in [0.4, 0.5) is 5.95 Å². The van der Waals surface area contributed by atoms with Crippen LogP contribution in [0.2, 0.25) is 10.2 Å². The molecule has 0 spiro atoms. The topological polar surface area (TPSA) is 77.8 Å². The second-order valence-electron chi connectivity index (χ2n) is 3.42. The first-order valence-corrected chi connectivity index (χ1v) is 5.65. The molecule has 0 unspecified atom stereocenters. The van der Waals surface area contributed by atoms with E-state index in [9.17, 15) is 0 Å². The molecule has 0 amide bonds. The molecule has 2 rings (SSSR count). The van der Waals surface area contributed by atoms with Crippen molar-refractivity contribution in [3.05, 3.63) is 40.0 Å². The lowest BCUT2D eigenvalue weighted by Crippen LogP contribution is -2.00. The van der Waals surface area contributed by atoms with E-state index in [2.05, 4.69) is 9.97 Å². The summed E-state index contributed by atoms with van der Waals surface area (Å²) in [6, 6.07) is 7.16. The summed E-state index contributed by atoms with van der Waals surface area (Å²) < 4.78 is 0. The highest BCUT2D eigenvalue weighted by molar-refractivity contribution is 6.34. The van der Waals surface area contributed by atoms with Gasteiger partial charge in [0.2, 0.25) is 5.95 Å². The van der Waals surface area contributed by atoms with Crippen molar-refractivity contribution >= 4 is 29.2 Å². The van der Waals surface area contributed by atoms with Gasteiger partial charge < -0.3 is 11.5 Å². The molecule has 0 atom stereocenters. The van der Waals surface area contributed by atoms with Crippen molar-refractivity contribution in [2.24, 2.45) is 5.73 Å². The van der Waals surface area contributed by atoms with Crippen LogP contribution in [0.25, 0.3) is 11.3 Å². The fraction of sp³-hybridized carbons (Fsp3) is 0.0909. The number of nitrogen functional groups attached to an aromatic ring is 1. The molecule has 0 saturated carbocycles. The van der Waals surface area contributed by atoms with Crippen LogP contribution in [0.3, 0.4) is 0 Å². The van der Waals surface area contributed by atoms with Gasteiger partial charge in [0.25, 0.3) is 0 Å². The molecule has 88 valence electrons. The van der Waals surface area contributed by atoms with E-state index >= 15 is 0 Å². The van der Waals surface area contributed by atoms with Crippen LogP contribution < -0.4 is 11.5 Å². The normalized spacial score (nSPS) is 10.5. The lowest BCUT2D eigenvalue weighted by molar-refractivity contribution is 1.07. The number of hydrogen-bond donors (Lipinski definition) is 2. The molecule has 1 heterocycles. The Hall–Kier alpha value is -1.36. The largest absolute Gasteiger partial charge is 0.368 e. The smallest absolute Gasteiger partial charge is 0.221 e. The van der Waals surface area contributed by atoms with Crippen molar-refractivity contribution in [1.82, 2.24) is 9.97 Å². The van der Waals surface area contributed by atoms with Crippen molar-refractivity contribution in [2.75, 3.05) is 5.73 Å². The van der Waals surface area contributed by atoms with E-state index in [-0.39, 0.29) is 11.1 Å². The highest BCUT2D eigenvalue weighted by Crippen LogP contribution is 2.30. The molecule has 1 aromatic carbocycles. The number of nitrogens with two attached hydrogens (primary N) is 2. The minimum Gasteiger partial charge on any atom is -0.368 e. The minimum atomic E-state index is 0.113. The van der Waals surface area contributed by atoms with Gasteiger partial charge in [-0.2, -0.15) is 0 Å². The number of benzene rings is 1. The third-order valence-electron chi connectivity index (χ3n) is 2.29. The van der Waals surface area contributed by atoms with E-state index < -0.39 is 0 Å². The molecule has 6 heteroatoms. The van der Waals surface area contributed by atoms with Crippen molar-refractivity contribution < 1.29 is 0 Å². The van der Waals surface area contributed by atoms with Gasteiger partial charge in [0, 0.05) is 18.2 Å². The lowest BCUT2D eigenvalue weighted by atomic mass is 10.1. The van der Waals surface area contributed by atoms with Crippen LogP contribution in [0.5, 0.6) is 0 Å². The summed E-state index contributed by atoms with van der Waals surface area (Å²) in [7, 11) is 0. The van der Waals surface area contributed by atoms with E-state index in [1.54, 1.807) is 6.07 Å². The molecule has 0 aliphatic heterocycles. The Labute approximate surface area is 109 Å². The van der Waals surface area contributed by atoms with Crippen molar-refractivity contribution in [2.45, 2.75) is 6.54 Å². The Morgan fingerprint density at radius 2 is 1.94 bits per heavy atom. The zero-order valence-corrected chi connectivity index (χ0v) is 10.3. The maximum absolute atomic E-state index is 6.22. The molecule has 0 aliphatic rings. The summed E-state index contributed by atoms with van der Waals surface area (Å²) in [6.45, 7) is 0.362. The zero-order valence-electron chi connectivity index (χ0n) is 8.82. The van der Waals surface area contributed by atoms with E-state index in [0.29, 0.717) is 17.3 Å². The van der Waals surface area contributed by atoms with Crippen LogP contribution in [-0.2, 0) is 6.54 Å². The number of aromatic nitrogens is 2. The fourth-order valence-electron chi connectivity index (χ4n) is 1.51. The van der Waals surface area contributed by atoms with Gasteiger partial charge in [-0.05, 0) is 5.56 Å². The summed E-state index contributed by atoms with van der Waals surface area (Å²) >= 11 is 12.1. The second kappa shape index (κ2) is 4.87. The van der Waals surface area contributed by atoms with E-state index in [1.807, 2.05) is 18.2 Å². The molecule has 1 aromatic heterocycles. The second-order valence-corrected chi connectivity index (χ2v) is 4.18. The summed E-state index contributed by atoms with van der Waals surface area (Å²) in [6.07, 6.45) is 0. The first-order valence-electron chi connectivity index (χ1n) is 4.89. The van der Waals surface area contributed by atoms with Gasteiger partial charge in [0.1, 0.15) is 5.15 Å². The Balaban J connectivity index is 2.60. The van der Waals surface area contributed by atoms with Gasteiger partial charge in [-0.3, -0.25) is 0 Å². The van der Waals surface area contributed by atoms with E-state index in [4.69, 9.17) is 34.7 Å². The van der Waals surface area contributed by atoms with E-state index in [0.717, 1.165) is 11.1 Å². The summed E-state index contributed by atoms with van der Waals surface area (Å²) in [4.78, 5) is 7.89. The van der Waals surface area contributed by atoms with Gasteiger partial charge in [-0.1, -0.05) is 41.4 Å². The Morgan fingerprint density at radius 3 is 2.59 bits per heavy atom. The fourth-order valence-corrected chi connectivity index (χ4v) is 2.00. The monoisotopic (exact) mass is 268 g/mol. The molecular weight excluding hydrogens is 259 g/mol.